The van der Waals surface area contributed by atoms with E-state index in [-0.39, 0.29) is 11.9 Å². The van der Waals surface area contributed by atoms with Crippen molar-refractivity contribution in [2.24, 2.45) is 5.73 Å². The van der Waals surface area contributed by atoms with E-state index in [4.69, 9.17) is 5.73 Å². The number of hydrogen-bond donors (Lipinski definition) is 2. The van der Waals surface area contributed by atoms with Crippen LogP contribution in [0.5, 0.6) is 0 Å². The summed E-state index contributed by atoms with van der Waals surface area (Å²) in [5.74, 6) is 2.47. The average Bonchev–Trinajstić information content (AvgIpc) is 2.77. The van der Waals surface area contributed by atoms with E-state index in [0.29, 0.717) is 19.0 Å². The van der Waals surface area contributed by atoms with Gasteiger partial charge in [0.15, 0.2) is 0 Å². The van der Waals surface area contributed by atoms with Crippen LogP contribution in [-0.4, -0.2) is 55.0 Å². The van der Waals surface area contributed by atoms with Gasteiger partial charge in [-0.3, -0.25) is 9.69 Å². The first-order valence-electron chi connectivity index (χ1n) is 5.39. The minimum atomic E-state index is 0.0722. The Kier molecular flexibility index (Phi) is 5.42. The maximum Gasteiger partial charge on any atom is 0.221 e. The highest BCUT2D eigenvalue weighted by molar-refractivity contribution is 7.99. The van der Waals surface area contributed by atoms with Crippen LogP contribution in [0.2, 0.25) is 0 Å². The Labute approximate surface area is 96.0 Å². The molecule has 15 heavy (non-hydrogen) atoms. The number of rotatable bonds is 5. The van der Waals surface area contributed by atoms with Crippen LogP contribution in [0.25, 0.3) is 0 Å². The Morgan fingerprint density at radius 2 is 2.47 bits per heavy atom. The molecule has 1 heterocycles. The molecule has 3 N–H and O–H groups in total. The van der Waals surface area contributed by atoms with Crippen molar-refractivity contribution in [3.63, 3.8) is 0 Å². The summed E-state index contributed by atoms with van der Waals surface area (Å²) in [7, 11) is 3.75. The number of carbonyl (C=O) groups excluding carboxylic acids is 1. The third-order valence-electron chi connectivity index (χ3n) is 3.03. The molecule has 4 nitrogen and oxygen atoms in total. The second-order valence-electron chi connectivity index (χ2n) is 3.95. The lowest BCUT2D eigenvalue weighted by molar-refractivity contribution is -0.121. The van der Waals surface area contributed by atoms with E-state index in [1.807, 2.05) is 11.8 Å². The summed E-state index contributed by atoms with van der Waals surface area (Å²) in [4.78, 5) is 13.6. The fourth-order valence-electron chi connectivity index (χ4n) is 1.85. The molecule has 1 amide bonds. The summed E-state index contributed by atoms with van der Waals surface area (Å²) in [5.41, 5.74) is 5.72. The molecule has 2 atom stereocenters. The quantitative estimate of drug-likeness (QED) is 0.693. The highest BCUT2D eigenvalue weighted by Crippen LogP contribution is 2.23. The molecule has 5 heteroatoms. The number of likely N-dealkylation sites (N-methyl/N-ethyl adjacent to an activating group) is 1. The molecule has 0 aromatic heterocycles. The molecule has 0 bridgehead atoms. The van der Waals surface area contributed by atoms with E-state index in [1.54, 1.807) is 7.05 Å². The first kappa shape index (κ1) is 12.8. The van der Waals surface area contributed by atoms with Gasteiger partial charge in [0.25, 0.3) is 0 Å². The fourth-order valence-corrected chi connectivity index (χ4v) is 3.13. The summed E-state index contributed by atoms with van der Waals surface area (Å²) < 4.78 is 0. The van der Waals surface area contributed by atoms with Crippen molar-refractivity contribution in [2.45, 2.75) is 24.9 Å². The van der Waals surface area contributed by atoms with Crippen molar-refractivity contribution in [1.82, 2.24) is 10.2 Å². The third kappa shape index (κ3) is 3.66. The predicted molar refractivity (Wildman–Crippen MR) is 65.0 cm³/mol. The van der Waals surface area contributed by atoms with Gasteiger partial charge in [-0.25, -0.2) is 0 Å². The van der Waals surface area contributed by atoms with Crippen molar-refractivity contribution in [3.05, 3.63) is 0 Å². The Morgan fingerprint density at radius 1 is 1.73 bits per heavy atom. The standard InChI is InChI=1S/C10H21N3OS/c1-12-10(14)5-9(6-11)13(2)8-3-4-15-7-8/h8-9H,3-7,11H2,1-2H3,(H,12,14). The summed E-state index contributed by atoms with van der Waals surface area (Å²) >= 11 is 1.98. The highest BCUT2D eigenvalue weighted by Gasteiger charge is 2.26. The van der Waals surface area contributed by atoms with Crippen LogP contribution < -0.4 is 11.1 Å². The molecule has 0 saturated carbocycles. The van der Waals surface area contributed by atoms with Crippen molar-refractivity contribution in [2.75, 3.05) is 32.1 Å². The molecule has 1 rings (SSSR count). The van der Waals surface area contributed by atoms with Crippen LogP contribution in [0.4, 0.5) is 0 Å². The van der Waals surface area contributed by atoms with Gasteiger partial charge < -0.3 is 11.1 Å². The van der Waals surface area contributed by atoms with Gasteiger partial charge in [-0.1, -0.05) is 0 Å². The SMILES string of the molecule is CNC(=O)CC(CN)N(C)C1CCSC1. The normalized spacial score (nSPS) is 23.1. The largest absolute Gasteiger partial charge is 0.359 e. The molecular weight excluding hydrogens is 210 g/mol. The lowest BCUT2D eigenvalue weighted by Gasteiger charge is -2.31. The Balaban J connectivity index is 2.45. The molecule has 0 radical (unpaired) electrons. The van der Waals surface area contributed by atoms with E-state index >= 15 is 0 Å². The molecule has 0 aromatic rings. The van der Waals surface area contributed by atoms with Crippen LogP contribution >= 0.6 is 11.8 Å². The third-order valence-corrected chi connectivity index (χ3v) is 4.17. The van der Waals surface area contributed by atoms with Gasteiger partial charge >= 0.3 is 0 Å². The van der Waals surface area contributed by atoms with Crippen LogP contribution in [0.3, 0.4) is 0 Å². The van der Waals surface area contributed by atoms with Gasteiger partial charge in [0.05, 0.1) is 0 Å². The van der Waals surface area contributed by atoms with Gasteiger partial charge in [0.1, 0.15) is 0 Å². The summed E-state index contributed by atoms with van der Waals surface area (Å²) in [6, 6.07) is 0.766. The molecule has 1 saturated heterocycles. The molecule has 1 aliphatic rings. The maximum absolute atomic E-state index is 11.3. The zero-order valence-electron chi connectivity index (χ0n) is 9.53. The molecule has 88 valence electrons. The summed E-state index contributed by atoms with van der Waals surface area (Å²) in [6.45, 7) is 0.547. The van der Waals surface area contributed by atoms with Crippen molar-refractivity contribution < 1.29 is 4.79 Å². The molecular formula is C10H21N3OS. The predicted octanol–water partition coefficient (Wildman–Crippen LogP) is -0.113. The minimum absolute atomic E-state index is 0.0722. The zero-order chi connectivity index (χ0) is 11.3. The number of thioether (sulfide) groups is 1. The second kappa shape index (κ2) is 6.35. The average molecular weight is 231 g/mol. The number of nitrogens with zero attached hydrogens (tertiary/aromatic N) is 1. The maximum atomic E-state index is 11.3. The van der Waals surface area contributed by atoms with Crippen LogP contribution in [0.15, 0.2) is 0 Å². The van der Waals surface area contributed by atoms with Crippen LogP contribution in [0.1, 0.15) is 12.8 Å². The highest BCUT2D eigenvalue weighted by atomic mass is 32.2. The van der Waals surface area contributed by atoms with Gasteiger partial charge in [-0.2, -0.15) is 11.8 Å². The molecule has 0 spiro atoms. The molecule has 0 aromatic carbocycles. The van der Waals surface area contributed by atoms with Gasteiger partial charge in [-0.15, -0.1) is 0 Å². The van der Waals surface area contributed by atoms with E-state index in [9.17, 15) is 4.79 Å². The number of carbonyl (C=O) groups is 1. The lowest BCUT2D eigenvalue weighted by atomic mass is 10.1. The Hall–Kier alpha value is -0.260. The number of hydrogen-bond acceptors (Lipinski definition) is 4. The van der Waals surface area contributed by atoms with Crippen LogP contribution in [0, 0.1) is 0 Å². The number of amides is 1. The Morgan fingerprint density at radius 3 is 2.93 bits per heavy atom. The Bertz CT molecular complexity index is 207. The van der Waals surface area contributed by atoms with Crippen molar-refractivity contribution in [3.8, 4) is 0 Å². The topological polar surface area (TPSA) is 58.4 Å². The van der Waals surface area contributed by atoms with E-state index in [1.165, 1.54) is 17.9 Å². The van der Waals surface area contributed by atoms with E-state index < -0.39 is 0 Å². The monoisotopic (exact) mass is 231 g/mol. The smallest absolute Gasteiger partial charge is 0.221 e. The number of nitrogens with one attached hydrogen (secondary N) is 1. The van der Waals surface area contributed by atoms with E-state index in [0.717, 1.165) is 0 Å². The van der Waals surface area contributed by atoms with Crippen molar-refractivity contribution in [1.29, 1.82) is 0 Å². The fraction of sp³-hybridized carbons (Fsp3) is 0.900. The molecule has 2 unspecified atom stereocenters. The number of nitrogens with two attached hydrogens (primary N) is 1. The summed E-state index contributed by atoms with van der Waals surface area (Å²) in [6.07, 6.45) is 1.72. The first-order chi connectivity index (χ1) is 7.19. The van der Waals surface area contributed by atoms with Gasteiger partial charge in [-0.05, 0) is 19.2 Å². The molecule has 1 fully saturated rings. The molecule has 1 aliphatic heterocycles. The van der Waals surface area contributed by atoms with Crippen molar-refractivity contribution >= 4 is 17.7 Å². The first-order valence-corrected chi connectivity index (χ1v) is 6.54. The minimum Gasteiger partial charge on any atom is -0.359 e. The summed E-state index contributed by atoms with van der Waals surface area (Å²) in [5, 5.41) is 2.65. The lowest BCUT2D eigenvalue weighted by Crippen LogP contribution is -2.46. The molecule has 0 aliphatic carbocycles. The second-order valence-corrected chi connectivity index (χ2v) is 5.10. The van der Waals surface area contributed by atoms with E-state index in [2.05, 4.69) is 17.3 Å². The zero-order valence-corrected chi connectivity index (χ0v) is 10.3. The van der Waals surface area contributed by atoms with Gasteiger partial charge in [0, 0.05) is 37.8 Å². The van der Waals surface area contributed by atoms with Gasteiger partial charge in [0.2, 0.25) is 5.91 Å². The van der Waals surface area contributed by atoms with Crippen LogP contribution in [-0.2, 0) is 4.79 Å².